The fourth-order valence-corrected chi connectivity index (χ4v) is 4.07. The third-order valence-corrected chi connectivity index (χ3v) is 5.82. The van der Waals surface area contributed by atoms with Gasteiger partial charge in [-0.2, -0.15) is 0 Å². The van der Waals surface area contributed by atoms with Crippen molar-refractivity contribution < 1.29 is 9.18 Å². The monoisotopic (exact) mass is 443 g/mol. The van der Waals surface area contributed by atoms with Crippen LogP contribution >= 0.6 is 11.6 Å². The molecule has 0 bridgehead atoms. The molecule has 0 spiro atoms. The second kappa shape index (κ2) is 8.63. The lowest BCUT2D eigenvalue weighted by Crippen LogP contribution is -2.42. The van der Waals surface area contributed by atoms with Crippen molar-refractivity contribution in [1.82, 2.24) is 24.2 Å². The molecule has 31 heavy (non-hydrogen) atoms. The van der Waals surface area contributed by atoms with E-state index in [-0.39, 0.29) is 23.6 Å². The molecule has 1 fully saturated rings. The van der Waals surface area contributed by atoms with Crippen LogP contribution in [-0.2, 0) is 4.79 Å². The Morgan fingerprint density at radius 2 is 1.84 bits per heavy atom. The highest BCUT2D eigenvalue weighted by Crippen LogP contribution is 2.28. The van der Waals surface area contributed by atoms with Crippen LogP contribution in [0.1, 0.15) is 32.7 Å². The van der Waals surface area contributed by atoms with Crippen molar-refractivity contribution in [2.75, 3.05) is 13.1 Å². The maximum atomic E-state index is 13.5. The van der Waals surface area contributed by atoms with Gasteiger partial charge in [-0.15, -0.1) is 5.10 Å². The summed E-state index contributed by atoms with van der Waals surface area (Å²) in [5.74, 6) is 0.0313. The summed E-state index contributed by atoms with van der Waals surface area (Å²) in [6.45, 7) is 4.91. The minimum absolute atomic E-state index is 0.0580. The largest absolute Gasteiger partial charge is 0.351 e. The van der Waals surface area contributed by atoms with E-state index in [1.807, 2.05) is 18.7 Å². The molecule has 162 valence electrons. The first-order chi connectivity index (χ1) is 14.9. The predicted molar refractivity (Wildman–Crippen MR) is 116 cm³/mol. The van der Waals surface area contributed by atoms with Crippen LogP contribution < -0.4 is 5.69 Å². The van der Waals surface area contributed by atoms with Gasteiger partial charge in [0, 0.05) is 37.0 Å². The minimum Gasteiger partial charge on any atom is -0.342 e. The lowest BCUT2D eigenvalue weighted by atomic mass is 10.0. The van der Waals surface area contributed by atoms with Gasteiger partial charge in [-0.05, 0) is 43.2 Å². The summed E-state index contributed by atoms with van der Waals surface area (Å²) < 4.78 is 16.4. The highest BCUT2D eigenvalue weighted by molar-refractivity contribution is 6.33. The predicted octanol–water partition coefficient (Wildman–Crippen LogP) is 3.71. The Labute approximate surface area is 184 Å². The number of rotatable bonds is 4. The van der Waals surface area contributed by atoms with Gasteiger partial charge in [-0.3, -0.25) is 9.78 Å². The summed E-state index contributed by atoms with van der Waals surface area (Å²) in [5.41, 5.74) is 0.723. The van der Waals surface area contributed by atoms with E-state index in [1.54, 1.807) is 12.3 Å². The van der Waals surface area contributed by atoms with Gasteiger partial charge < -0.3 is 4.90 Å². The standard InChI is InChI=1S/C22H23ClFN5O2/c1-14(2)21(30)27-11-8-17(9-12-27)29-22(31)28(16-5-3-15(24)4-6-16)20(26-29)18-7-10-25-13-19(18)23/h3-7,10,13-14,17H,8-9,11-12H2,1-2H3. The van der Waals surface area contributed by atoms with Gasteiger partial charge in [-0.1, -0.05) is 25.4 Å². The van der Waals surface area contributed by atoms with E-state index in [1.165, 1.54) is 39.7 Å². The Morgan fingerprint density at radius 3 is 2.45 bits per heavy atom. The summed E-state index contributed by atoms with van der Waals surface area (Å²) in [5, 5.41) is 4.99. The molecule has 1 aliphatic heterocycles. The van der Waals surface area contributed by atoms with Gasteiger partial charge in [0.1, 0.15) is 5.82 Å². The Bertz CT molecular complexity index is 1150. The van der Waals surface area contributed by atoms with Gasteiger partial charge in [0.15, 0.2) is 5.82 Å². The number of benzene rings is 1. The summed E-state index contributed by atoms with van der Waals surface area (Å²) >= 11 is 6.34. The van der Waals surface area contributed by atoms with E-state index in [2.05, 4.69) is 10.1 Å². The van der Waals surface area contributed by atoms with Gasteiger partial charge in [0.2, 0.25) is 5.91 Å². The molecule has 1 amide bonds. The number of nitrogens with zero attached hydrogens (tertiary/aromatic N) is 5. The number of pyridine rings is 1. The summed E-state index contributed by atoms with van der Waals surface area (Å²) in [6.07, 6.45) is 4.33. The zero-order valence-electron chi connectivity index (χ0n) is 17.3. The molecule has 1 aliphatic rings. The number of halogens is 2. The average Bonchev–Trinajstić information content (AvgIpc) is 3.11. The molecule has 7 nitrogen and oxygen atoms in total. The smallest absolute Gasteiger partial charge is 0.342 e. The van der Waals surface area contributed by atoms with Crippen LogP contribution in [0.3, 0.4) is 0 Å². The van der Waals surface area contributed by atoms with Crippen LogP contribution in [0.4, 0.5) is 4.39 Å². The number of piperidine rings is 1. The van der Waals surface area contributed by atoms with E-state index >= 15 is 0 Å². The van der Waals surface area contributed by atoms with Crippen LogP contribution in [0.2, 0.25) is 5.02 Å². The second-order valence-electron chi connectivity index (χ2n) is 7.93. The van der Waals surface area contributed by atoms with Gasteiger partial charge in [0.05, 0.1) is 16.8 Å². The number of carbonyl (C=O) groups excluding carboxylic acids is 1. The molecule has 1 aromatic carbocycles. The molecule has 1 saturated heterocycles. The molecule has 0 unspecified atom stereocenters. The highest BCUT2D eigenvalue weighted by atomic mass is 35.5. The van der Waals surface area contributed by atoms with Gasteiger partial charge >= 0.3 is 5.69 Å². The molecule has 0 atom stereocenters. The molecule has 3 heterocycles. The van der Waals surface area contributed by atoms with Gasteiger partial charge in [-0.25, -0.2) is 18.4 Å². The van der Waals surface area contributed by atoms with Gasteiger partial charge in [0.25, 0.3) is 0 Å². The lowest BCUT2D eigenvalue weighted by molar-refractivity contribution is -0.135. The highest BCUT2D eigenvalue weighted by Gasteiger charge is 2.29. The number of carbonyl (C=O) groups is 1. The molecule has 0 N–H and O–H groups in total. The number of aromatic nitrogens is 4. The van der Waals surface area contributed by atoms with E-state index in [0.717, 1.165) is 0 Å². The number of likely N-dealkylation sites (tertiary alicyclic amines) is 1. The number of hydrogen-bond donors (Lipinski definition) is 0. The summed E-state index contributed by atoms with van der Waals surface area (Å²) in [4.78, 5) is 31.5. The molecule has 9 heteroatoms. The van der Waals surface area contributed by atoms with E-state index in [9.17, 15) is 14.0 Å². The first-order valence-electron chi connectivity index (χ1n) is 10.2. The molecule has 4 rings (SSSR count). The van der Waals surface area contributed by atoms with Crippen molar-refractivity contribution in [3.05, 3.63) is 64.0 Å². The second-order valence-corrected chi connectivity index (χ2v) is 8.34. The first kappa shape index (κ1) is 21.2. The Kier molecular flexibility index (Phi) is 5.91. The summed E-state index contributed by atoms with van der Waals surface area (Å²) in [7, 11) is 0. The fourth-order valence-electron chi connectivity index (χ4n) is 3.87. The molecular weight excluding hydrogens is 421 g/mol. The lowest BCUT2D eigenvalue weighted by Gasteiger charge is -2.32. The first-order valence-corrected chi connectivity index (χ1v) is 10.6. The number of hydrogen-bond acceptors (Lipinski definition) is 4. The zero-order valence-corrected chi connectivity index (χ0v) is 18.1. The Balaban J connectivity index is 1.75. The van der Waals surface area contributed by atoms with Crippen LogP contribution in [-0.4, -0.2) is 43.2 Å². The van der Waals surface area contributed by atoms with Crippen molar-refractivity contribution >= 4 is 17.5 Å². The quantitative estimate of drug-likeness (QED) is 0.616. The summed E-state index contributed by atoms with van der Waals surface area (Å²) in [6, 6.07) is 7.21. The maximum Gasteiger partial charge on any atom is 0.351 e. The average molecular weight is 444 g/mol. The molecule has 0 aliphatic carbocycles. The van der Waals surface area contributed by atoms with Crippen LogP contribution in [0.25, 0.3) is 17.1 Å². The third-order valence-electron chi connectivity index (χ3n) is 5.52. The van der Waals surface area contributed by atoms with Crippen molar-refractivity contribution in [1.29, 1.82) is 0 Å². The van der Waals surface area contributed by atoms with Crippen molar-refractivity contribution in [3.8, 4) is 17.1 Å². The van der Waals surface area contributed by atoms with Crippen LogP contribution in [0.15, 0.2) is 47.5 Å². The zero-order chi connectivity index (χ0) is 22.1. The van der Waals surface area contributed by atoms with E-state index in [4.69, 9.17) is 11.6 Å². The molecular formula is C22H23ClFN5O2. The Hall–Kier alpha value is -3.00. The topological polar surface area (TPSA) is 73.0 Å². The molecule has 3 aromatic rings. The van der Waals surface area contributed by atoms with Crippen molar-refractivity contribution in [2.24, 2.45) is 5.92 Å². The molecule has 0 radical (unpaired) electrons. The van der Waals surface area contributed by atoms with Crippen LogP contribution in [0.5, 0.6) is 0 Å². The normalized spacial score (nSPS) is 14.9. The fraction of sp³-hybridized carbons (Fsp3) is 0.364. The molecule has 0 saturated carbocycles. The van der Waals surface area contributed by atoms with E-state index < -0.39 is 5.82 Å². The third kappa shape index (κ3) is 4.12. The SMILES string of the molecule is CC(C)C(=O)N1CCC(n2nc(-c3ccncc3Cl)n(-c3ccc(F)cc3)c2=O)CC1. The number of amides is 1. The Morgan fingerprint density at radius 1 is 1.16 bits per heavy atom. The van der Waals surface area contributed by atoms with Crippen LogP contribution in [0, 0.1) is 11.7 Å². The minimum atomic E-state index is -0.394. The van der Waals surface area contributed by atoms with E-state index in [0.29, 0.717) is 48.0 Å². The maximum absolute atomic E-state index is 13.5. The molecule has 2 aromatic heterocycles. The van der Waals surface area contributed by atoms with Crippen molar-refractivity contribution in [3.63, 3.8) is 0 Å². The van der Waals surface area contributed by atoms with Crippen molar-refractivity contribution in [2.45, 2.75) is 32.7 Å².